The third-order valence-electron chi connectivity index (χ3n) is 3.73. The Bertz CT molecular complexity index is 185. The maximum Gasteiger partial charge on any atom is 0.166 e. The summed E-state index contributed by atoms with van der Waals surface area (Å²) in [5.74, 6) is 2.36. The van der Waals surface area contributed by atoms with Crippen molar-refractivity contribution in [3.8, 4) is 0 Å². The van der Waals surface area contributed by atoms with Gasteiger partial charge in [0.2, 0.25) is 0 Å². The first-order valence-electron chi connectivity index (χ1n) is 5.97. The molecular formula is C12H22O2. The molecule has 14 heavy (non-hydrogen) atoms. The minimum atomic E-state index is 0.0411. The Morgan fingerprint density at radius 1 is 1.14 bits per heavy atom. The maximum atomic E-state index is 5.58. The smallest absolute Gasteiger partial charge is 0.166 e. The van der Waals surface area contributed by atoms with Crippen molar-refractivity contribution in [2.24, 2.45) is 17.8 Å². The predicted octanol–water partition coefficient (Wildman–Crippen LogP) is 3.17. The van der Waals surface area contributed by atoms with Crippen molar-refractivity contribution >= 4 is 0 Å². The van der Waals surface area contributed by atoms with Crippen molar-refractivity contribution in [2.75, 3.05) is 0 Å². The molecule has 1 heterocycles. The summed E-state index contributed by atoms with van der Waals surface area (Å²) in [6, 6.07) is 0. The SMILES string of the molecule is CC1OC(C2CCCC(C(C)C)C2)O1. The number of hydrogen-bond acceptors (Lipinski definition) is 2. The fourth-order valence-electron chi connectivity index (χ4n) is 2.73. The topological polar surface area (TPSA) is 18.5 Å². The van der Waals surface area contributed by atoms with E-state index in [0.717, 1.165) is 11.8 Å². The standard InChI is InChI=1S/C12H22O2/c1-8(2)10-5-4-6-11(7-10)12-13-9(3)14-12/h8-12H,4-7H2,1-3H3. The summed E-state index contributed by atoms with van der Waals surface area (Å²) in [6.07, 6.45) is 5.50. The van der Waals surface area contributed by atoms with Crippen molar-refractivity contribution in [2.45, 2.75) is 59.0 Å². The summed E-state index contributed by atoms with van der Waals surface area (Å²) >= 11 is 0. The van der Waals surface area contributed by atoms with E-state index in [1.165, 1.54) is 25.7 Å². The van der Waals surface area contributed by atoms with Gasteiger partial charge in [-0.3, -0.25) is 0 Å². The molecule has 1 saturated heterocycles. The monoisotopic (exact) mass is 198 g/mol. The van der Waals surface area contributed by atoms with Crippen LogP contribution in [0.25, 0.3) is 0 Å². The third kappa shape index (κ3) is 2.12. The minimum absolute atomic E-state index is 0.0411. The van der Waals surface area contributed by atoms with Gasteiger partial charge in [-0.05, 0) is 31.6 Å². The van der Waals surface area contributed by atoms with Crippen molar-refractivity contribution in [3.63, 3.8) is 0 Å². The normalized spacial score (nSPS) is 43.7. The molecule has 2 aliphatic rings. The van der Waals surface area contributed by atoms with E-state index in [0.29, 0.717) is 5.92 Å². The van der Waals surface area contributed by atoms with Crippen LogP contribution >= 0.6 is 0 Å². The maximum absolute atomic E-state index is 5.58. The van der Waals surface area contributed by atoms with E-state index in [9.17, 15) is 0 Å². The lowest BCUT2D eigenvalue weighted by molar-refractivity contribution is -0.395. The van der Waals surface area contributed by atoms with Crippen LogP contribution in [0.15, 0.2) is 0 Å². The van der Waals surface area contributed by atoms with Crippen molar-refractivity contribution in [1.82, 2.24) is 0 Å². The fourth-order valence-corrected chi connectivity index (χ4v) is 2.73. The first-order chi connectivity index (χ1) is 6.66. The number of hydrogen-bond donors (Lipinski definition) is 0. The molecule has 0 bridgehead atoms. The molecule has 2 unspecified atom stereocenters. The summed E-state index contributed by atoms with van der Waals surface area (Å²) in [5.41, 5.74) is 0. The molecule has 2 nitrogen and oxygen atoms in total. The summed E-state index contributed by atoms with van der Waals surface area (Å²) in [7, 11) is 0. The minimum Gasteiger partial charge on any atom is -0.324 e. The van der Waals surface area contributed by atoms with Gasteiger partial charge in [-0.1, -0.05) is 26.7 Å². The van der Waals surface area contributed by atoms with Gasteiger partial charge in [-0.25, -0.2) is 0 Å². The van der Waals surface area contributed by atoms with Gasteiger partial charge in [0.1, 0.15) is 0 Å². The molecule has 0 aromatic rings. The third-order valence-corrected chi connectivity index (χ3v) is 3.73. The van der Waals surface area contributed by atoms with Crippen molar-refractivity contribution < 1.29 is 9.47 Å². The Hall–Kier alpha value is -0.0800. The van der Waals surface area contributed by atoms with Gasteiger partial charge in [0.15, 0.2) is 12.6 Å². The van der Waals surface area contributed by atoms with Crippen LogP contribution in [0.4, 0.5) is 0 Å². The van der Waals surface area contributed by atoms with Crippen molar-refractivity contribution in [1.29, 1.82) is 0 Å². The molecule has 0 aromatic heterocycles. The van der Waals surface area contributed by atoms with E-state index >= 15 is 0 Å². The Kier molecular flexibility index (Phi) is 3.13. The molecule has 2 fully saturated rings. The van der Waals surface area contributed by atoms with E-state index in [1.54, 1.807) is 0 Å². The molecule has 0 spiro atoms. The Morgan fingerprint density at radius 3 is 2.43 bits per heavy atom. The van der Waals surface area contributed by atoms with E-state index < -0.39 is 0 Å². The van der Waals surface area contributed by atoms with Crippen LogP contribution in [0, 0.1) is 17.8 Å². The average Bonchev–Trinajstić information content (AvgIpc) is 2.13. The van der Waals surface area contributed by atoms with E-state index in [4.69, 9.17) is 9.47 Å². The Labute approximate surface area is 87.0 Å². The van der Waals surface area contributed by atoms with Gasteiger partial charge in [0.05, 0.1) is 0 Å². The fraction of sp³-hybridized carbons (Fsp3) is 1.00. The lowest BCUT2D eigenvalue weighted by atomic mass is 9.76. The molecule has 0 radical (unpaired) electrons. The average molecular weight is 198 g/mol. The number of ether oxygens (including phenoxy) is 2. The highest BCUT2D eigenvalue weighted by Gasteiger charge is 2.37. The van der Waals surface area contributed by atoms with Crippen LogP contribution in [0.3, 0.4) is 0 Å². The molecule has 0 aromatic carbocycles. The van der Waals surface area contributed by atoms with Crippen LogP contribution < -0.4 is 0 Å². The van der Waals surface area contributed by atoms with E-state index in [2.05, 4.69) is 13.8 Å². The highest BCUT2D eigenvalue weighted by atomic mass is 16.9. The van der Waals surface area contributed by atoms with Crippen molar-refractivity contribution in [3.05, 3.63) is 0 Å². The highest BCUT2D eigenvalue weighted by molar-refractivity contribution is 4.79. The second-order valence-electron chi connectivity index (χ2n) is 5.14. The predicted molar refractivity (Wildman–Crippen MR) is 55.7 cm³/mol. The molecule has 1 saturated carbocycles. The van der Waals surface area contributed by atoms with Crippen LogP contribution in [0.2, 0.25) is 0 Å². The molecule has 82 valence electrons. The van der Waals surface area contributed by atoms with E-state index in [1.807, 2.05) is 6.92 Å². The largest absolute Gasteiger partial charge is 0.324 e. The van der Waals surface area contributed by atoms with Crippen LogP contribution in [-0.4, -0.2) is 12.6 Å². The zero-order valence-corrected chi connectivity index (χ0v) is 9.53. The van der Waals surface area contributed by atoms with Gasteiger partial charge < -0.3 is 9.47 Å². The van der Waals surface area contributed by atoms with Gasteiger partial charge in [-0.15, -0.1) is 0 Å². The van der Waals surface area contributed by atoms with Crippen LogP contribution in [0.5, 0.6) is 0 Å². The zero-order chi connectivity index (χ0) is 10.1. The van der Waals surface area contributed by atoms with Gasteiger partial charge in [0, 0.05) is 5.92 Å². The van der Waals surface area contributed by atoms with Crippen LogP contribution in [0.1, 0.15) is 46.5 Å². The summed E-state index contributed by atoms with van der Waals surface area (Å²) in [4.78, 5) is 0. The zero-order valence-electron chi connectivity index (χ0n) is 9.53. The molecule has 1 aliphatic heterocycles. The van der Waals surface area contributed by atoms with Gasteiger partial charge >= 0.3 is 0 Å². The molecule has 2 rings (SSSR count). The molecule has 2 atom stereocenters. The Morgan fingerprint density at radius 2 is 1.86 bits per heavy atom. The first kappa shape index (κ1) is 10.4. The molecule has 0 N–H and O–H groups in total. The number of rotatable bonds is 2. The van der Waals surface area contributed by atoms with Crippen LogP contribution in [-0.2, 0) is 9.47 Å². The quantitative estimate of drug-likeness (QED) is 0.678. The lowest BCUT2D eigenvalue weighted by Gasteiger charge is -2.42. The lowest BCUT2D eigenvalue weighted by Crippen LogP contribution is -2.45. The van der Waals surface area contributed by atoms with E-state index in [-0.39, 0.29) is 12.6 Å². The summed E-state index contributed by atoms with van der Waals surface area (Å²) in [6.45, 7) is 6.63. The second kappa shape index (κ2) is 4.19. The van der Waals surface area contributed by atoms with Gasteiger partial charge in [0.25, 0.3) is 0 Å². The Balaban J connectivity index is 1.82. The molecule has 2 heteroatoms. The van der Waals surface area contributed by atoms with Gasteiger partial charge in [-0.2, -0.15) is 0 Å². The molecular weight excluding hydrogens is 176 g/mol. The second-order valence-corrected chi connectivity index (χ2v) is 5.14. The summed E-state index contributed by atoms with van der Waals surface area (Å²) in [5, 5.41) is 0. The highest BCUT2D eigenvalue weighted by Crippen LogP contribution is 2.39. The summed E-state index contributed by atoms with van der Waals surface area (Å²) < 4.78 is 11.2. The molecule has 1 aliphatic carbocycles. The first-order valence-corrected chi connectivity index (χ1v) is 5.97. The molecule has 0 amide bonds.